The second-order valence-electron chi connectivity index (χ2n) is 9.52. The highest BCUT2D eigenvalue weighted by atomic mass is 35.5. The van der Waals surface area contributed by atoms with Gasteiger partial charge in [0.1, 0.15) is 5.84 Å². The molecule has 3 rings (SSSR count). The smallest absolute Gasteiger partial charge is 0.231 e. The van der Waals surface area contributed by atoms with Crippen LogP contribution in [0.3, 0.4) is 0 Å². The normalized spacial score (nSPS) is 20.7. The van der Waals surface area contributed by atoms with Crippen molar-refractivity contribution in [3.05, 3.63) is 46.1 Å². The van der Waals surface area contributed by atoms with Crippen LogP contribution < -0.4 is 10.6 Å². The van der Waals surface area contributed by atoms with Crippen LogP contribution in [0.1, 0.15) is 51.5 Å². The van der Waals surface area contributed by atoms with E-state index < -0.39 is 0 Å². The van der Waals surface area contributed by atoms with E-state index in [9.17, 15) is 4.79 Å². The van der Waals surface area contributed by atoms with Gasteiger partial charge in [-0.3, -0.25) is 10.2 Å². The maximum atomic E-state index is 13.6. The van der Waals surface area contributed by atoms with Crippen molar-refractivity contribution in [1.82, 2.24) is 20.4 Å². The summed E-state index contributed by atoms with van der Waals surface area (Å²) in [5, 5.41) is 16.3. The van der Waals surface area contributed by atoms with Crippen molar-refractivity contribution >= 4 is 23.3 Å². The van der Waals surface area contributed by atoms with Crippen molar-refractivity contribution in [3.8, 4) is 0 Å². The highest BCUT2D eigenvalue weighted by molar-refractivity contribution is 6.30. The van der Waals surface area contributed by atoms with Crippen LogP contribution in [0.15, 0.2) is 35.5 Å². The van der Waals surface area contributed by atoms with Crippen molar-refractivity contribution < 1.29 is 4.79 Å². The zero-order valence-electron chi connectivity index (χ0n) is 20.6. The summed E-state index contributed by atoms with van der Waals surface area (Å²) in [7, 11) is 1.95. The van der Waals surface area contributed by atoms with Gasteiger partial charge >= 0.3 is 0 Å². The molecule has 6 nitrogen and oxygen atoms in total. The Morgan fingerprint density at radius 1 is 1.15 bits per heavy atom. The Balaban J connectivity index is 1.65. The molecule has 1 amide bonds. The second-order valence-corrected chi connectivity index (χ2v) is 9.96. The molecule has 3 N–H and O–H groups in total. The van der Waals surface area contributed by atoms with Gasteiger partial charge in [0, 0.05) is 56.1 Å². The SMILES string of the molecule is CC[C@@H](C)CNC[C@@H](C(=O)N1CCN(C(=N)C2=C(NC)CC[C@H]2C)CC1)c1ccc(Cl)cc1. The molecule has 2 aliphatic rings. The van der Waals surface area contributed by atoms with Gasteiger partial charge in [0.2, 0.25) is 5.91 Å². The number of amides is 1. The Bertz CT molecular complexity index is 845. The maximum Gasteiger partial charge on any atom is 0.231 e. The molecule has 1 aromatic rings. The third-order valence-corrected chi connectivity index (χ3v) is 7.47. The number of nitrogens with zero attached hydrogens (tertiary/aromatic N) is 2. The Labute approximate surface area is 204 Å². The van der Waals surface area contributed by atoms with Gasteiger partial charge in [0.15, 0.2) is 0 Å². The molecular formula is C26H40ClN5O. The van der Waals surface area contributed by atoms with Crippen LogP contribution >= 0.6 is 11.6 Å². The maximum absolute atomic E-state index is 13.6. The molecule has 33 heavy (non-hydrogen) atoms. The fourth-order valence-electron chi connectivity index (χ4n) is 4.78. The second kappa shape index (κ2) is 11.9. The fourth-order valence-corrected chi connectivity index (χ4v) is 4.90. The first kappa shape index (κ1) is 25.6. The third-order valence-electron chi connectivity index (χ3n) is 7.22. The quantitative estimate of drug-likeness (QED) is 0.373. The van der Waals surface area contributed by atoms with Gasteiger partial charge in [-0.2, -0.15) is 0 Å². The molecule has 0 saturated carbocycles. The standard InChI is InChI=1S/C26H40ClN5O/c1-5-18(2)16-30-17-22(20-7-9-21(27)10-8-20)26(33)32-14-12-31(13-15-32)25(28)24-19(3)6-11-23(24)29-4/h7-10,18-19,22,28-30H,5-6,11-17H2,1-4H3/t18-,19-,22-/m1/s1. The van der Waals surface area contributed by atoms with Crippen LogP contribution in [0, 0.1) is 17.2 Å². The minimum absolute atomic E-state index is 0.157. The fraction of sp³-hybridized carbons (Fsp3) is 0.615. The van der Waals surface area contributed by atoms with E-state index in [-0.39, 0.29) is 11.8 Å². The highest BCUT2D eigenvalue weighted by Gasteiger charge is 2.32. The molecule has 1 aliphatic carbocycles. The van der Waals surface area contributed by atoms with E-state index in [1.807, 2.05) is 36.2 Å². The average Bonchev–Trinajstić information content (AvgIpc) is 3.22. The molecule has 1 fully saturated rings. The first-order valence-corrected chi connectivity index (χ1v) is 12.7. The molecule has 0 unspecified atom stereocenters. The van der Waals surface area contributed by atoms with Crippen LogP contribution in [-0.2, 0) is 4.79 Å². The zero-order valence-corrected chi connectivity index (χ0v) is 21.3. The van der Waals surface area contributed by atoms with Crippen molar-refractivity contribution in [1.29, 1.82) is 5.41 Å². The summed E-state index contributed by atoms with van der Waals surface area (Å²) in [5.41, 5.74) is 3.34. The number of benzene rings is 1. The molecule has 0 bridgehead atoms. The summed E-state index contributed by atoms with van der Waals surface area (Å²) in [6, 6.07) is 7.66. The Kier molecular flexibility index (Phi) is 9.21. The largest absolute Gasteiger partial charge is 0.391 e. The number of rotatable bonds is 9. The molecule has 0 radical (unpaired) electrons. The zero-order chi connectivity index (χ0) is 24.0. The van der Waals surface area contributed by atoms with E-state index in [0.29, 0.717) is 55.4 Å². The Hall–Kier alpha value is -2.05. The van der Waals surface area contributed by atoms with Gasteiger partial charge in [-0.25, -0.2) is 0 Å². The number of amidine groups is 1. The summed E-state index contributed by atoms with van der Waals surface area (Å²) in [6.45, 7) is 10.8. The lowest BCUT2D eigenvalue weighted by molar-refractivity contribution is -0.134. The summed E-state index contributed by atoms with van der Waals surface area (Å²) in [4.78, 5) is 17.7. The van der Waals surface area contributed by atoms with Crippen molar-refractivity contribution in [2.24, 2.45) is 11.8 Å². The molecule has 3 atom stereocenters. The lowest BCUT2D eigenvalue weighted by atomic mass is 9.96. The van der Waals surface area contributed by atoms with Crippen LogP contribution in [0.25, 0.3) is 0 Å². The van der Waals surface area contributed by atoms with Crippen LogP contribution in [-0.4, -0.2) is 67.9 Å². The number of hydrogen-bond acceptors (Lipinski definition) is 4. The number of carbonyl (C=O) groups excluding carboxylic acids is 1. The van der Waals surface area contributed by atoms with E-state index in [4.69, 9.17) is 17.0 Å². The summed E-state index contributed by atoms with van der Waals surface area (Å²) in [5.74, 6) is 1.54. The van der Waals surface area contributed by atoms with Crippen molar-refractivity contribution in [3.63, 3.8) is 0 Å². The van der Waals surface area contributed by atoms with Crippen molar-refractivity contribution in [2.45, 2.75) is 46.0 Å². The first-order valence-electron chi connectivity index (χ1n) is 12.3. The van der Waals surface area contributed by atoms with Gasteiger partial charge in [-0.05, 0) is 48.9 Å². The number of piperazine rings is 1. The molecule has 1 saturated heterocycles. The highest BCUT2D eigenvalue weighted by Crippen LogP contribution is 2.32. The molecular weight excluding hydrogens is 434 g/mol. The van der Waals surface area contributed by atoms with Crippen molar-refractivity contribution in [2.75, 3.05) is 46.3 Å². The van der Waals surface area contributed by atoms with Crippen LogP contribution in [0.4, 0.5) is 0 Å². The number of halogens is 1. The van der Waals surface area contributed by atoms with E-state index in [2.05, 4.69) is 36.3 Å². The molecule has 0 aromatic heterocycles. The van der Waals surface area contributed by atoms with Crippen LogP contribution in [0.2, 0.25) is 5.02 Å². The molecule has 7 heteroatoms. The lowest BCUT2D eigenvalue weighted by Crippen LogP contribution is -2.52. The summed E-state index contributed by atoms with van der Waals surface area (Å²) < 4.78 is 0. The predicted octanol–water partition coefficient (Wildman–Crippen LogP) is 4.08. The van der Waals surface area contributed by atoms with Crippen LogP contribution in [0.5, 0.6) is 0 Å². The van der Waals surface area contributed by atoms with Gasteiger partial charge in [0.05, 0.1) is 5.92 Å². The molecule has 1 aromatic carbocycles. The number of allylic oxidation sites excluding steroid dienone is 1. The van der Waals surface area contributed by atoms with E-state index in [1.165, 1.54) is 5.70 Å². The van der Waals surface area contributed by atoms with Gasteiger partial charge in [-0.15, -0.1) is 0 Å². The number of hydrogen-bond donors (Lipinski definition) is 3. The van der Waals surface area contributed by atoms with Gasteiger partial charge in [0.25, 0.3) is 0 Å². The Morgan fingerprint density at radius 2 is 1.79 bits per heavy atom. The predicted molar refractivity (Wildman–Crippen MR) is 137 cm³/mol. The Morgan fingerprint density at radius 3 is 2.39 bits per heavy atom. The van der Waals surface area contributed by atoms with Gasteiger partial charge in [-0.1, -0.05) is 50.9 Å². The number of nitrogens with one attached hydrogen (secondary N) is 3. The topological polar surface area (TPSA) is 71.5 Å². The summed E-state index contributed by atoms with van der Waals surface area (Å²) in [6.07, 6.45) is 3.23. The summed E-state index contributed by atoms with van der Waals surface area (Å²) >= 11 is 6.10. The first-order chi connectivity index (χ1) is 15.8. The van der Waals surface area contributed by atoms with E-state index in [0.717, 1.165) is 36.9 Å². The minimum atomic E-state index is -0.231. The van der Waals surface area contributed by atoms with Gasteiger partial charge < -0.3 is 20.4 Å². The molecule has 1 heterocycles. The number of carbonyl (C=O) groups is 1. The monoisotopic (exact) mass is 473 g/mol. The lowest BCUT2D eigenvalue weighted by Gasteiger charge is -2.38. The third kappa shape index (κ3) is 6.30. The average molecular weight is 474 g/mol. The molecule has 1 aliphatic heterocycles. The minimum Gasteiger partial charge on any atom is -0.391 e. The van der Waals surface area contributed by atoms with E-state index >= 15 is 0 Å². The van der Waals surface area contributed by atoms with E-state index in [1.54, 1.807) is 0 Å². The molecule has 182 valence electrons. The molecule has 0 spiro atoms.